The summed E-state index contributed by atoms with van der Waals surface area (Å²) in [5.74, 6) is 0.892. The molecular formula is C20H30N2O2. The van der Waals surface area contributed by atoms with Crippen LogP contribution >= 0.6 is 0 Å². The molecule has 4 heteroatoms. The van der Waals surface area contributed by atoms with Crippen molar-refractivity contribution < 1.29 is 9.84 Å². The molecule has 2 aliphatic heterocycles. The van der Waals surface area contributed by atoms with Gasteiger partial charge in [0.25, 0.3) is 0 Å². The molecule has 2 aliphatic rings. The Kier molecular flexibility index (Phi) is 5.59. The number of hydrogen-bond acceptors (Lipinski definition) is 4. The summed E-state index contributed by atoms with van der Waals surface area (Å²) >= 11 is 0. The van der Waals surface area contributed by atoms with Crippen molar-refractivity contribution in [1.29, 1.82) is 0 Å². The van der Waals surface area contributed by atoms with E-state index in [0.29, 0.717) is 12.6 Å². The van der Waals surface area contributed by atoms with E-state index < -0.39 is 0 Å². The Balaban J connectivity index is 1.57. The van der Waals surface area contributed by atoms with E-state index >= 15 is 0 Å². The molecule has 2 heterocycles. The molecule has 2 atom stereocenters. The molecule has 0 amide bonds. The third kappa shape index (κ3) is 3.66. The SMILES string of the molecule is COc1ccc(C=CCN2CC[C@@]3(CO)CCCN(C)[C@@H]3C2)cc1. The van der Waals surface area contributed by atoms with Crippen LogP contribution in [0, 0.1) is 5.41 Å². The van der Waals surface area contributed by atoms with E-state index in [0.717, 1.165) is 38.3 Å². The number of piperidine rings is 2. The number of fused-ring (bicyclic) bond motifs is 1. The lowest BCUT2D eigenvalue weighted by atomic mass is 9.69. The standard InChI is InChI=1S/C20H30N2O2/c1-21-12-4-10-20(16-23)11-14-22(15-19(20)21)13-3-5-17-6-8-18(24-2)9-7-17/h3,5-9,19,23H,4,10-16H2,1-2H3/t19-,20-/m1/s1. The lowest BCUT2D eigenvalue weighted by Crippen LogP contribution is -2.61. The van der Waals surface area contributed by atoms with Crippen LogP contribution < -0.4 is 4.74 Å². The van der Waals surface area contributed by atoms with Gasteiger partial charge in [0.15, 0.2) is 0 Å². The monoisotopic (exact) mass is 330 g/mol. The van der Waals surface area contributed by atoms with Gasteiger partial charge in [0.05, 0.1) is 13.7 Å². The van der Waals surface area contributed by atoms with Crippen LogP contribution in [0.15, 0.2) is 30.3 Å². The van der Waals surface area contributed by atoms with E-state index in [1.165, 1.54) is 18.4 Å². The highest BCUT2D eigenvalue weighted by Gasteiger charge is 2.46. The van der Waals surface area contributed by atoms with Gasteiger partial charge < -0.3 is 14.7 Å². The van der Waals surface area contributed by atoms with E-state index in [-0.39, 0.29) is 5.41 Å². The number of benzene rings is 1. The highest BCUT2D eigenvalue weighted by Crippen LogP contribution is 2.41. The summed E-state index contributed by atoms with van der Waals surface area (Å²) in [5.41, 5.74) is 1.33. The van der Waals surface area contributed by atoms with Crippen molar-refractivity contribution in [3.63, 3.8) is 0 Å². The number of likely N-dealkylation sites (N-methyl/N-ethyl adjacent to an activating group) is 1. The first-order chi connectivity index (χ1) is 11.7. The number of methoxy groups -OCH3 is 1. The molecule has 1 N–H and O–H groups in total. The van der Waals surface area contributed by atoms with Crippen LogP contribution in [0.25, 0.3) is 6.08 Å². The van der Waals surface area contributed by atoms with Gasteiger partial charge in [-0.3, -0.25) is 4.90 Å². The molecule has 1 aromatic rings. The summed E-state index contributed by atoms with van der Waals surface area (Å²) in [5, 5.41) is 9.98. The molecule has 3 rings (SSSR count). The molecule has 0 aliphatic carbocycles. The normalized spacial score (nSPS) is 28.9. The molecule has 2 saturated heterocycles. The molecule has 1 aromatic carbocycles. The van der Waals surface area contributed by atoms with E-state index in [2.05, 4.69) is 41.1 Å². The third-order valence-corrected chi connectivity index (χ3v) is 5.89. The van der Waals surface area contributed by atoms with Gasteiger partial charge in [-0.25, -0.2) is 0 Å². The first-order valence-electron chi connectivity index (χ1n) is 9.01. The zero-order valence-corrected chi connectivity index (χ0v) is 14.9. The van der Waals surface area contributed by atoms with Crippen LogP contribution in [0.2, 0.25) is 0 Å². The van der Waals surface area contributed by atoms with Gasteiger partial charge in [0.2, 0.25) is 0 Å². The van der Waals surface area contributed by atoms with Crippen molar-refractivity contribution in [1.82, 2.24) is 9.80 Å². The lowest BCUT2D eigenvalue weighted by Gasteiger charge is -2.53. The second-order valence-corrected chi connectivity index (χ2v) is 7.31. The predicted molar refractivity (Wildman–Crippen MR) is 98.3 cm³/mol. The van der Waals surface area contributed by atoms with Crippen LogP contribution in [0.1, 0.15) is 24.8 Å². The third-order valence-electron chi connectivity index (χ3n) is 5.89. The Hall–Kier alpha value is -1.36. The van der Waals surface area contributed by atoms with E-state index in [1.54, 1.807) is 7.11 Å². The van der Waals surface area contributed by atoms with Gasteiger partial charge in [-0.2, -0.15) is 0 Å². The number of likely N-dealkylation sites (tertiary alicyclic amines) is 2. The fraction of sp³-hybridized carbons (Fsp3) is 0.600. The van der Waals surface area contributed by atoms with Gasteiger partial charge in [0, 0.05) is 24.5 Å². The fourth-order valence-electron chi connectivity index (χ4n) is 4.29. The van der Waals surface area contributed by atoms with Crippen molar-refractivity contribution >= 4 is 6.08 Å². The second kappa shape index (κ2) is 7.68. The molecule has 132 valence electrons. The summed E-state index contributed by atoms with van der Waals surface area (Å²) in [4.78, 5) is 4.97. The number of nitrogens with zero attached hydrogens (tertiary/aromatic N) is 2. The lowest BCUT2D eigenvalue weighted by molar-refractivity contribution is -0.0643. The van der Waals surface area contributed by atoms with Crippen LogP contribution in [0.3, 0.4) is 0 Å². The van der Waals surface area contributed by atoms with Gasteiger partial charge in [-0.05, 0) is 57.1 Å². The van der Waals surface area contributed by atoms with Crippen molar-refractivity contribution in [2.45, 2.75) is 25.3 Å². The Labute approximate surface area is 145 Å². The number of ether oxygens (including phenoxy) is 1. The predicted octanol–water partition coefficient (Wildman–Crippen LogP) is 2.49. The minimum absolute atomic E-state index is 0.128. The topological polar surface area (TPSA) is 35.9 Å². The van der Waals surface area contributed by atoms with Crippen molar-refractivity contribution in [3.8, 4) is 5.75 Å². The van der Waals surface area contributed by atoms with Gasteiger partial charge in [0.1, 0.15) is 5.75 Å². The maximum Gasteiger partial charge on any atom is 0.118 e. The van der Waals surface area contributed by atoms with Crippen molar-refractivity contribution in [2.24, 2.45) is 5.41 Å². The second-order valence-electron chi connectivity index (χ2n) is 7.31. The zero-order chi connectivity index (χ0) is 17.0. The van der Waals surface area contributed by atoms with Crippen molar-refractivity contribution in [2.75, 3.05) is 46.9 Å². The molecule has 2 fully saturated rings. The number of aliphatic hydroxyl groups is 1. The van der Waals surface area contributed by atoms with E-state index in [4.69, 9.17) is 4.74 Å². The molecule has 0 unspecified atom stereocenters. The first-order valence-corrected chi connectivity index (χ1v) is 9.01. The largest absolute Gasteiger partial charge is 0.497 e. The Morgan fingerprint density at radius 1 is 1.25 bits per heavy atom. The molecular weight excluding hydrogens is 300 g/mol. The summed E-state index contributed by atoms with van der Waals surface area (Å²) in [6.45, 7) is 4.60. The summed E-state index contributed by atoms with van der Waals surface area (Å²) in [6, 6.07) is 8.63. The summed E-state index contributed by atoms with van der Waals surface area (Å²) < 4.78 is 5.19. The fourth-order valence-corrected chi connectivity index (χ4v) is 4.29. The number of rotatable bonds is 5. The van der Waals surface area contributed by atoms with Crippen LogP contribution in [-0.4, -0.2) is 67.9 Å². The Morgan fingerprint density at radius 2 is 2.04 bits per heavy atom. The molecule has 0 radical (unpaired) electrons. The highest BCUT2D eigenvalue weighted by molar-refractivity contribution is 5.50. The maximum atomic E-state index is 9.98. The molecule has 0 aromatic heterocycles. The highest BCUT2D eigenvalue weighted by atomic mass is 16.5. The molecule has 0 spiro atoms. The molecule has 4 nitrogen and oxygen atoms in total. The Bertz CT molecular complexity index is 557. The average Bonchev–Trinajstić information content (AvgIpc) is 2.63. The van der Waals surface area contributed by atoms with Gasteiger partial charge >= 0.3 is 0 Å². The van der Waals surface area contributed by atoms with E-state index in [9.17, 15) is 5.11 Å². The first kappa shape index (κ1) is 17.5. The minimum atomic E-state index is 0.128. The Morgan fingerprint density at radius 3 is 2.75 bits per heavy atom. The molecule has 24 heavy (non-hydrogen) atoms. The van der Waals surface area contributed by atoms with Crippen LogP contribution in [-0.2, 0) is 0 Å². The zero-order valence-electron chi connectivity index (χ0n) is 14.9. The quantitative estimate of drug-likeness (QED) is 0.900. The number of hydrogen-bond donors (Lipinski definition) is 1. The summed E-state index contributed by atoms with van der Waals surface area (Å²) in [6.07, 6.45) is 7.92. The number of aliphatic hydroxyl groups excluding tert-OH is 1. The minimum Gasteiger partial charge on any atom is -0.497 e. The smallest absolute Gasteiger partial charge is 0.118 e. The van der Waals surface area contributed by atoms with E-state index in [1.807, 2.05) is 12.1 Å². The van der Waals surface area contributed by atoms with Gasteiger partial charge in [-0.15, -0.1) is 0 Å². The molecule has 0 bridgehead atoms. The van der Waals surface area contributed by atoms with Crippen LogP contribution in [0.4, 0.5) is 0 Å². The van der Waals surface area contributed by atoms with Gasteiger partial charge in [-0.1, -0.05) is 24.3 Å². The summed E-state index contributed by atoms with van der Waals surface area (Å²) in [7, 11) is 3.90. The maximum absolute atomic E-state index is 9.98. The van der Waals surface area contributed by atoms with Crippen molar-refractivity contribution in [3.05, 3.63) is 35.9 Å². The molecule has 0 saturated carbocycles. The average molecular weight is 330 g/mol. The van der Waals surface area contributed by atoms with Crippen LogP contribution in [0.5, 0.6) is 5.75 Å².